The molecule has 38 heavy (non-hydrogen) atoms. The number of fused-ring (bicyclic) bond motifs is 1. The van der Waals surface area contributed by atoms with Gasteiger partial charge in [-0.3, -0.25) is 10.1 Å². The van der Waals surface area contributed by atoms with Crippen molar-refractivity contribution < 1.29 is 17.9 Å². The molecule has 0 aliphatic heterocycles. The van der Waals surface area contributed by atoms with E-state index in [0.717, 1.165) is 16.5 Å². The van der Waals surface area contributed by atoms with Crippen LogP contribution in [0.15, 0.2) is 102 Å². The summed E-state index contributed by atoms with van der Waals surface area (Å²) in [5.74, 6) is 0.139. The molecule has 1 heterocycles. The predicted octanol–water partition coefficient (Wildman–Crippen LogP) is 4.90. The second kappa shape index (κ2) is 11.1. The zero-order valence-electron chi connectivity index (χ0n) is 20.4. The van der Waals surface area contributed by atoms with Crippen molar-refractivity contribution in [3.8, 4) is 16.3 Å². The second-order valence-corrected chi connectivity index (χ2v) is 11.1. The number of hydrogen-bond acceptors (Lipinski definition) is 7. The summed E-state index contributed by atoms with van der Waals surface area (Å²) in [4.78, 5) is 13.5. The molecule has 192 valence electrons. The lowest BCUT2D eigenvalue weighted by atomic mass is 10.1. The minimum atomic E-state index is -4.05. The van der Waals surface area contributed by atoms with Gasteiger partial charge in [0, 0.05) is 10.9 Å². The van der Waals surface area contributed by atoms with Crippen molar-refractivity contribution in [2.75, 3.05) is 12.4 Å². The third kappa shape index (κ3) is 5.72. The van der Waals surface area contributed by atoms with E-state index in [1.54, 1.807) is 25.3 Å². The third-order valence-corrected chi connectivity index (χ3v) is 8.33. The molecule has 4 aromatic carbocycles. The summed E-state index contributed by atoms with van der Waals surface area (Å²) in [7, 11) is -2.47. The number of methoxy groups -OCH3 is 1. The number of sulfonamides is 1. The highest BCUT2D eigenvalue weighted by Crippen LogP contribution is 2.29. The van der Waals surface area contributed by atoms with Gasteiger partial charge in [0.2, 0.25) is 21.1 Å². The number of carbonyl (C=O) groups excluding carboxylic acids is 1. The van der Waals surface area contributed by atoms with Crippen molar-refractivity contribution in [1.82, 2.24) is 14.9 Å². The number of anilines is 1. The fourth-order valence-electron chi connectivity index (χ4n) is 4.06. The van der Waals surface area contributed by atoms with Gasteiger partial charge in [0.05, 0.1) is 12.0 Å². The fraction of sp³-hybridized carbons (Fsp3) is 0.107. The van der Waals surface area contributed by atoms with Crippen LogP contribution in [0.4, 0.5) is 5.13 Å². The van der Waals surface area contributed by atoms with Crippen LogP contribution in [0.5, 0.6) is 5.75 Å². The van der Waals surface area contributed by atoms with Crippen molar-refractivity contribution in [1.29, 1.82) is 0 Å². The van der Waals surface area contributed by atoms with Gasteiger partial charge in [-0.2, -0.15) is 4.72 Å². The Balaban J connectivity index is 1.42. The number of hydrogen-bond donors (Lipinski definition) is 2. The van der Waals surface area contributed by atoms with Gasteiger partial charge in [0.25, 0.3) is 0 Å². The van der Waals surface area contributed by atoms with Crippen LogP contribution in [0.2, 0.25) is 0 Å². The molecule has 10 heteroatoms. The maximum absolute atomic E-state index is 13.5. The molecule has 0 aliphatic carbocycles. The molecule has 0 bridgehead atoms. The molecule has 1 amide bonds. The van der Waals surface area contributed by atoms with Gasteiger partial charge < -0.3 is 4.74 Å². The van der Waals surface area contributed by atoms with E-state index in [-0.39, 0.29) is 16.4 Å². The third-order valence-electron chi connectivity index (χ3n) is 5.91. The molecule has 5 rings (SSSR count). The van der Waals surface area contributed by atoms with E-state index >= 15 is 0 Å². The van der Waals surface area contributed by atoms with Crippen molar-refractivity contribution in [3.05, 3.63) is 103 Å². The standard InChI is InChI=1S/C28H24N4O4S2/c1-36-22-14-7-13-21(18-22)27-30-31-28(37-27)29-26(33)24(17-19-9-3-2-4-10-19)32-38(34,35)25-16-8-12-20-11-5-6-15-23(20)25/h2-16,18,24,32H,17H2,1H3,(H,29,31,33). The van der Waals surface area contributed by atoms with Gasteiger partial charge in [-0.1, -0.05) is 90.2 Å². The Morgan fingerprint density at radius 1 is 0.921 bits per heavy atom. The maximum Gasteiger partial charge on any atom is 0.244 e. The lowest BCUT2D eigenvalue weighted by molar-refractivity contribution is -0.117. The first kappa shape index (κ1) is 25.5. The summed E-state index contributed by atoms with van der Waals surface area (Å²) in [5.41, 5.74) is 1.60. The summed E-state index contributed by atoms with van der Waals surface area (Å²) in [6.07, 6.45) is 0.151. The largest absolute Gasteiger partial charge is 0.497 e. The van der Waals surface area contributed by atoms with E-state index in [4.69, 9.17) is 4.74 Å². The zero-order chi connectivity index (χ0) is 26.5. The number of aromatic nitrogens is 2. The maximum atomic E-state index is 13.5. The van der Waals surface area contributed by atoms with Crippen LogP contribution in [0.3, 0.4) is 0 Å². The van der Waals surface area contributed by atoms with Crippen LogP contribution in [0.1, 0.15) is 5.56 Å². The summed E-state index contributed by atoms with van der Waals surface area (Å²) < 4.78 is 34.9. The van der Waals surface area contributed by atoms with Crippen molar-refractivity contribution in [3.63, 3.8) is 0 Å². The first-order valence-corrected chi connectivity index (χ1v) is 14.1. The van der Waals surface area contributed by atoms with E-state index < -0.39 is 22.0 Å². The van der Waals surface area contributed by atoms with E-state index in [9.17, 15) is 13.2 Å². The molecule has 8 nitrogen and oxygen atoms in total. The number of rotatable bonds is 9. The van der Waals surface area contributed by atoms with E-state index in [2.05, 4.69) is 20.2 Å². The number of benzene rings is 4. The predicted molar refractivity (Wildman–Crippen MR) is 149 cm³/mol. The van der Waals surface area contributed by atoms with E-state index in [1.807, 2.05) is 72.8 Å². The monoisotopic (exact) mass is 544 g/mol. The van der Waals surface area contributed by atoms with Gasteiger partial charge in [-0.25, -0.2) is 8.42 Å². The first-order valence-electron chi connectivity index (χ1n) is 11.8. The van der Waals surface area contributed by atoms with Gasteiger partial charge in [0.1, 0.15) is 16.8 Å². The van der Waals surface area contributed by atoms with Gasteiger partial charge >= 0.3 is 0 Å². The molecule has 0 fully saturated rings. The molecule has 0 saturated heterocycles. The lowest BCUT2D eigenvalue weighted by Crippen LogP contribution is -2.45. The molecular weight excluding hydrogens is 520 g/mol. The SMILES string of the molecule is COc1cccc(-c2nnc(NC(=O)C(Cc3ccccc3)NS(=O)(=O)c3cccc4ccccc34)s2)c1. The fourth-order valence-corrected chi connectivity index (χ4v) is 6.23. The molecule has 0 radical (unpaired) electrons. The number of ether oxygens (including phenoxy) is 1. The van der Waals surface area contributed by atoms with Gasteiger partial charge in [-0.05, 0) is 35.6 Å². The minimum Gasteiger partial charge on any atom is -0.497 e. The molecule has 0 aliphatic rings. The normalized spacial score (nSPS) is 12.2. The summed E-state index contributed by atoms with van der Waals surface area (Å²) in [5, 5.41) is 13.2. The molecule has 1 aromatic heterocycles. The molecule has 1 unspecified atom stereocenters. The quantitative estimate of drug-likeness (QED) is 0.273. The molecular formula is C28H24N4O4S2. The molecule has 1 atom stereocenters. The topological polar surface area (TPSA) is 110 Å². The average molecular weight is 545 g/mol. The lowest BCUT2D eigenvalue weighted by Gasteiger charge is -2.18. The van der Waals surface area contributed by atoms with E-state index in [1.165, 1.54) is 17.4 Å². The Hall–Kier alpha value is -4.12. The van der Waals surface area contributed by atoms with Crippen molar-refractivity contribution >= 4 is 43.2 Å². The van der Waals surface area contributed by atoms with Gasteiger partial charge in [-0.15, -0.1) is 10.2 Å². The molecule has 5 aromatic rings. The highest BCUT2D eigenvalue weighted by molar-refractivity contribution is 7.89. The smallest absolute Gasteiger partial charge is 0.244 e. The number of amides is 1. The summed E-state index contributed by atoms with van der Waals surface area (Å²) in [6.45, 7) is 0. The number of nitrogens with zero attached hydrogens (tertiary/aromatic N) is 2. The van der Waals surface area contributed by atoms with Crippen molar-refractivity contribution in [2.45, 2.75) is 17.4 Å². The van der Waals surface area contributed by atoms with Gasteiger partial charge in [0.15, 0.2) is 0 Å². The Morgan fingerprint density at radius 3 is 2.47 bits per heavy atom. The van der Waals surface area contributed by atoms with Crippen LogP contribution in [-0.4, -0.2) is 37.7 Å². The Morgan fingerprint density at radius 2 is 1.66 bits per heavy atom. The number of nitrogens with one attached hydrogen (secondary N) is 2. The average Bonchev–Trinajstić information content (AvgIpc) is 3.41. The summed E-state index contributed by atoms with van der Waals surface area (Å²) in [6, 6.07) is 27.8. The van der Waals surface area contributed by atoms with Crippen LogP contribution in [0.25, 0.3) is 21.3 Å². The molecule has 0 saturated carbocycles. The van der Waals surface area contributed by atoms with Crippen LogP contribution in [-0.2, 0) is 21.2 Å². The highest BCUT2D eigenvalue weighted by Gasteiger charge is 2.28. The summed E-state index contributed by atoms with van der Waals surface area (Å²) >= 11 is 1.19. The van der Waals surface area contributed by atoms with Crippen LogP contribution < -0.4 is 14.8 Å². The van der Waals surface area contributed by atoms with E-state index in [0.29, 0.717) is 16.1 Å². The van der Waals surface area contributed by atoms with Crippen LogP contribution >= 0.6 is 11.3 Å². The zero-order valence-corrected chi connectivity index (χ0v) is 22.0. The van der Waals surface area contributed by atoms with Crippen LogP contribution in [0, 0.1) is 0 Å². The minimum absolute atomic E-state index is 0.109. The Bertz CT molecular complexity index is 1680. The Labute approximate surface area is 224 Å². The molecule has 0 spiro atoms. The highest BCUT2D eigenvalue weighted by atomic mass is 32.2. The molecule has 2 N–H and O–H groups in total. The first-order chi connectivity index (χ1) is 18.4. The second-order valence-electron chi connectivity index (χ2n) is 8.47. The number of carbonyl (C=O) groups is 1. The Kier molecular flexibility index (Phi) is 7.45. The van der Waals surface area contributed by atoms with Crippen molar-refractivity contribution in [2.24, 2.45) is 0 Å².